The van der Waals surface area contributed by atoms with Gasteiger partial charge in [-0.2, -0.15) is 15.2 Å². The minimum atomic E-state index is -1.22. The van der Waals surface area contributed by atoms with E-state index in [9.17, 15) is 14.0 Å². The van der Waals surface area contributed by atoms with Gasteiger partial charge in [0, 0.05) is 34.6 Å². The first-order chi connectivity index (χ1) is 17.4. The maximum atomic E-state index is 13.8. The summed E-state index contributed by atoms with van der Waals surface area (Å²) in [6.07, 6.45) is 4.26. The number of rotatable bonds is 6. The Morgan fingerprint density at radius 2 is 1.81 bits per heavy atom. The molecule has 4 aromatic rings. The molecule has 0 fully saturated rings. The number of hydrazine groups is 2. The highest BCUT2D eigenvalue weighted by molar-refractivity contribution is 6.36. The quantitative estimate of drug-likeness (QED) is 0.212. The number of nitriles is 1. The maximum Gasteiger partial charge on any atom is 0.249 e. The Morgan fingerprint density at radius 3 is 2.50 bits per heavy atom. The summed E-state index contributed by atoms with van der Waals surface area (Å²) in [5.74, 6) is -2.34. The topological polar surface area (TPSA) is 110 Å². The molecule has 8 nitrogen and oxygen atoms in total. The zero-order valence-corrected chi connectivity index (χ0v) is 19.7. The highest BCUT2D eigenvalue weighted by atomic mass is 35.5. The lowest BCUT2D eigenvalue weighted by atomic mass is 10.0. The van der Waals surface area contributed by atoms with Gasteiger partial charge in [-0.05, 0) is 29.8 Å². The van der Waals surface area contributed by atoms with Crippen LogP contribution in [0.25, 0.3) is 10.9 Å². The average molecular weight is 525 g/mol. The average Bonchev–Trinajstić information content (AvgIpc) is 3.40. The number of nitrogens with zero attached hydrogens (tertiary/aromatic N) is 3. The molecule has 0 saturated heterocycles. The fourth-order valence-corrected chi connectivity index (χ4v) is 4.17. The van der Waals surface area contributed by atoms with Gasteiger partial charge in [-0.1, -0.05) is 35.3 Å². The van der Waals surface area contributed by atoms with E-state index in [0.29, 0.717) is 32.3 Å². The molecule has 2 aromatic carbocycles. The lowest BCUT2D eigenvalue weighted by Gasteiger charge is -2.22. The van der Waals surface area contributed by atoms with Gasteiger partial charge in [-0.3, -0.25) is 4.98 Å². The summed E-state index contributed by atoms with van der Waals surface area (Å²) in [7, 11) is 0. The number of aromatic nitrogens is 2. The molecule has 1 aliphatic rings. The molecule has 5 N–H and O–H groups in total. The summed E-state index contributed by atoms with van der Waals surface area (Å²) >= 11 is 12.7. The standard InChI is InChI=1S/C24H16Cl2F2N8/c25-14-3-1-12(2-4-14)22(20-11-32-36-35-20)33-15-5-17-21(34-16-7-19(27)24(28)31-10-16)13(8-29)9-30-23(17)18(26)6-15/h1-7,9-11,22,32-33,35-36H,(H,30,34)/t22-/m0/s1. The molecule has 1 aliphatic heterocycles. The molecule has 0 aliphatic carbocycles. The minimum Gasteiger partial charge on any atom is -0.373 e. The van der Waals surface area contributed by atoms with Crippen LogP contribution in [0.5, 0.6) is 0 Å². The van der Waals surface area contributed by atoms with Crippen LogP contribution in [0.15, 0.2) is 66.8 Å². The second-order valence-electron chi connectivity index (χ2n) is 7.76. The molecule has 0 amide bonds. The van der Waals surface area contributed by atoms with Gasteiger partial charge in [-0.15, -0.1) is 0 Å². The van der Waals surface area contributed by atoms with Crippen molar-refractivity contribution in [3.05, 3.63) is 99.7 Å². The molecule has 0 spiro atoms. The van der Waals surface area contributed by atoms with E-state index in [2.05, 4.69) is 43.1 Å². The van der Waals surface area contributed by atoms with Crippen LogP contribution in [0, 0.1) is 23.1 Å². The van der Waals surface area contributed by atoms with Crippen molar-refractivity contribution in [1.82, 2.24) is 26.4 Å². The maximum absolute atomic E-state index is 13.8. The second-order valence-corrected chi connectivity index (χ2v) is 8.60. The molecular formula is C24H16Cl2F2N8. The Labute approximate surface area is 213 Å². The monoisotopic (exact) mass is 524 g/mol. The molecule has 5 rings (SSSR count). The number of anilines is 3. The first-order valence-electron chi connectivity index (χ1n) is 10.5. The van der Waals surface area contributed by atoms with E-state index >= 15 is 0 Å². The van der Waals surface area contributed by atoms with Crippen molar-refractivity contribution in [3.8, 4) is 6.07 Å². The summed E-state index contributed by atoms with van der Waals surface area (Å²) in [6, 6.07) is 13.5. The highest BCUT2D eigenvalue weighted by Crippen LogP contribution is 2.36. The highest BCUT2D eigenvalue weighted by Gasteiger charge is 2.21. The van der Waals surface area contributed by atoms with Crippen LogP contribution in [0.1, 0.15) is 17.2 Å². The van der Waals surface area contributed by atoms with E-state index in [-0.39, 0.29) is 17.3 Å². The van der Waals surface area contributed by atoms with Crippen molar-refractivity contribution in [3.63, 3.8) is 0 Å². The lowest BCUT2D eigenvalue weighted by Crippen LogP contribution is -2.33. The summed E-state index contributed by atoms with van der Waals surface area (Å²) in [5, 5.41) is 17.5. The lowest BCUT2D eigenvalue weighted by molar-refractivity contribution is 0.480. The van der Waals surface area contributed by atoms with E-state index in [1.807, 2.05) is 12.1 Å². The summed E-state index contributed by atoms with van der Waals surface area (Å²) in [6.45, 7) is 0. The van der Waals surface area contributed by atoms with Crippen LogP contribution >= 0.6 is 23.2 Å². The molecule has 0 saturated carbocycles. The third-order valence-electron chi connectivity index (χ3n) is 5.44. The SMILES string of the molecule is N#Cc1cnc2c(Cl)cc(N[C@H](C3=CNNN3)c3ccc(Cl)cc3)cc2c1Nc1cnc(F)c(F)c1. The number of pyridine rings is 2. The third kappa shape index (κ3) is 4.67. The summed E-state index contributed by atoms with van der Waals surface area (Å²) in [4.78, 5) is 7.71. The number of hydrogen-bond donors (Lipinski definition) is 5. The van der Waals surface area contributed by atoms with Gasteiger partial charge < -0.3 is 21.5 Å². The Kier molecular flexibility index (Phi) is 6.43. The van der Waals surface area contributed by atoms with Crippen molar-refractivity contribution >= 4 is 51.2 Å². The fraction of sp³-hybridized carbons (Fsp3) is 0.0417. The summed E-state index contributed by atoms with van der Waals surface area (Å²) < 4.78 is 27.1. The summed E-state index contributed by atoms with van der Waals surface area (Å²) in [5.41, 5.74) is 12.2. The van der Waals surface area contributed by atoms with Crippen molar-refractivity contribution in [2.75, 3.05) is 10.6 Å². The predicted molar refractivity (Wildman–Crippen MR) is 134 cm³/mol. The molecular weight excluding hydrogens is 509 g/mol. The Hall–Kier alpha value is -4.17. The Morgan fingerprint density at radius 1 is 1.00 bits per heavy atom. The minimum absolute atomic E-state index is 0.156. The normalized spacial score (nSPS) is 13.4. The third-order valence-corrected chi connectivity index (χ3v) is 5.98. The zero-order valence-electron chi connectivity index (χ0n) is 18.2. The smallest absolute Gasteiger partial charge is 0.249 e. The molecule has 36 heavy (non-hydrogen) atoms. The van der Waals surface area contributed by atoms with E-state index in [0.717, 1.165) is 23.5 Å². The largest absolute Gasteiger partial charge is 0.373 e. The first kappa shape index (κ1) is 23.6. The van der Waals surface area contributed by atoms with Gasteiger partial charge in [0.25, 0.3) is 0 Å². The van der Waals surface area contributed by atoms with Crippen LogP contribution < -0.4 is 27.0 Å². The van der Waals surface area contributed by atoms with Crippen molar-refractivity contribution in [2.45, 2.75) is 6.04 Å². The molecule has 0 radical (unpaired) electrons. The van der Waals surface area contributed by atoms with Gasteiger partial charge in [0.2, 0.25) is 5.95 Å². The molecule has 1 atom stereocenters. The number of halogens is 4. The number of nitrogens with one attached hydrogen (secondary N) is 5. The van der Waals surface area contributed by atoms with Gasteiger partial charge in [0.15, 0.2) is 5.82 Å². The Balaban J connectivity index is 1.59. The van der Waals surface area contributed by atoms with Crippen LogP contribution in [0.2, 0.25) is 10.0 Å². The first-order valence-corrected chi connectivity index (χ1v) is 11.3. The molecule has 180 valence electrons. The second kappa shape index (κ2) is 9.83. The zero-order chi connectivity index (χ0) is 25.2. The molecule has 3 heterocycles. The van der Waals surface area contributed by atoms with E-state index in [1.54, 1.807) is 30.5 Å². The van der Waals surface area contributed by atoms with Crippen LogP contribution in [0.3, 0.4) is 0 Å². The van der Waals surface area contributed by atoms with Crippen molar-refractivity contribution in [2.24, 2.45) is 0 Å². The van der Waals surface area contributed by atoms with Gasteiger partial charge in [0.1, 0.15) is 6.07 Å². The van der Waals surface area contributed by atoms with Crippen LogP contribution in [0.4, 0.5) is 25.8 Å². The van der Waals surface area contributed by atoms with Crippen LogP contribution in [-0.2, 0) is 0 Å². The molecule has 12 heteroatoms. The number of fused-ring (bicyclic) bond motifs is 1. The predicted octanol–water partition coefficient (Wildman–Crippen LogP) is 5.44. The van der Waals surface area contributed by atoms with Gasteiger partial charge >= 0.3 is 0 Å². The van der Waals surface area contributed by atoms with E-state index in [4.69, 9.17) is 23.2 Å². The van der Waals surface area contributed by atoms with Crippen LogP contribution in [-0.4, -0.2) is 9.97 Å². The van der Waals surface area contributed by atoms with Crippen molar-refractivity contribution in [1.29, 1.82) is 5.26 Å². The molecule has 0 bridgehead atoms. The van der Waals surface area contributed by atoms with Gasteiger partial charge in [0.05, 0.1) is 45.4 Å². The van der Waals surface area contributed by atoms with Crippen molar-refractivity contribution < 1.29 is 8.78 Å². The fourth-order valence-electron chi connectivity index (χ4n) is 3.77. The molecule has 0 unspecified atom stereocenters. The molecule has 2 aromatic heterocycles. The van der Waals surface area contributed by atoms with E-state index < -0.39 is 11.8 Å². The Bertz CT molecular complexity index is 1540. The number of hydrogen-bond acceptors (Lipinski definition) is 8. The van der Waals surface area contributed by atoms with E-state index in [1.165, 1.54) is 6.20 Å². The van der Waals surface area contributed by atoms with Gasteiger partial charge in [-0.25, -0.2) is 9.37 Å². The number of benzene rings is 2.